The van der Waals surface area contributed by atoms with Crippen LogP contribution in [0.15, 0.2) is 83.5 Å². The Hall–Kier alpha value is -3.04. The van der Waals surface area contributed by atoms with Gasteiger partial charge in [-0.05, 0) is 78.1 Å². The summed E-state index contributed by atoms with van der Waals surface area (Å²) in [5.74, 6) is 1.37. The van der Waals surface area contributed by atoms with E-state index in [2.05, 4.69) is 29.6 Å². The first-order chi connectivity index (χ1) is 14.2. The van der Waals surface area contributed by atoms with Gasteiger partial charge in [0.1, 0.15) is 5.76 Å². The molecule has 2 heterocycles. The van der Waals surface area contributed by atoms with Gasteiger partial charge in [-0.3, -0.25) is 4.79 Å². The third-order valence-corrected chi connectivity index (χ3v) is 6.07. The number of furan rings is 1. The summed E-state index contributed by atoms with van der Waals surface area (Å²) in [6.07, 6.45) is 10.4. The maximum Gasteiger partial charge on any atom is 0.185 e. The lowest BCUT2D eigenvalue weighted by Crippen LogP contribution is -2.29. The lowest BCUT2D eigenvalue weighted by Gasteiger charge is -2.37. The van der Waals surface area contributed by atoms with E-state index in [0.29, 0.717) is 23.2 Å². The van der Waals surface area contributed by atoms with Crippen LogP contribution in [0.5, 0.6) is 0 Å². The van der Waals surface area contributed by atoms with Crippen LogP contribution in [0.1, 0.15) is 45.6 Å². The molecule has 1 N–H and O–H groups in total. The molecule has 0 amide bonds. The maximum absolute atomic E-state index is 12.7. The SMILES string of the molecule is O=C(/C=C/c1ccco1)c1ccc2c(c1)[C@@H]1C=CC[C@@H]1[C@@H](c1ccc(Cl)cc1)N2. The zero-order valence-electron chi connectivity index (χ0n) is 15.7. The molecule has 0 bridgehead atoms. The summed E-state index contributed by atoms with van der Waals surface area (Å²) in [5.41, 5.74) is 4.20. The third kappa shape index (κ3) is 3.43. The van der Waals surface area contributed by atoms with Crippen molar-refractivity contribution >= 4 is 29.1 Å². The topological polar surface area (TPSA) is 42.2 Å². The number of benzene rings is 2. The zero-order valence-corrected chi connectivity index (χ0v) is 16.5. The van der Waals surface area contributed by atoms with E-state index >= 15 is 0 Å². The van der Waals surface area contributed by atoms with Gasteiger partial charge < -0.3 is 9.73 Å². The van der Waals surface area contributed by atoms with E-state index in [4.69, 9.17) is 16.0 Å². The fourth-order valence-electron chi connectivity index (χ4n) is 4.39. The Bertz CT molecular complexity index is 1100. The fourth-order valence-corrected chi connectivity index (χ4v) is 4.51. The number of rotatable bonds is 4. The van der Waals surface area contributed by atoms with Crippen LogP contribution in [0.2, 0.25) is 5.02 Å². The van der Waals surface area contributed by atoms with Gasteiger partial charge in [0.15, 0.2) is 5.78 Å². The predicted octanol–water partition coefficient (Wildman–Crippen LogP) is 6.66. The summed E-state index contributed by atoms with van der Waals surface area (Å²) in [6, 6.07) is 17.9. The number of nitrogens with one attached hydrogen (secondary N) is 1. The van der Waals surface area contributed by atoms with Crippen LogP contribution in [0, 0.1) is 5.92 Å². The minimum atomic E-state index is -0.0254. The molecule has 0 unspecified atom stereocenters. The summed E-state index contributed by atoms with van der Waals surface area (Å²) < 4.78 is 5.26. The van der Waals surface area contributed by atoms with Gasteiger partial charge in [-0.1, -0.05) is 35.9 Å². The monoisotopic (exact) mass is 401 g/mol. The van der Waals surface area contributed by atoms with E-state index in [-0.39, 0.29) is 11.8 Å². The Morgan fingerprint density at radius 3 is 2.79 bits per heavy atom. The van der Waals surface area contributed by atoms with Crippen LogP contribution in [0.4, 0.5) is 5.69 Å². The number of carbonyl (C=O) groups excluding carboxylic acids is 1. The van der Waals surface area contributed by atoms with Crippen molar-refractivity contribution in [2.45, 2.75) is 18.4 Å². The third-order valence-electron chi connectivity index (χ3n) is 5.82. The Labute approximate surface area is 174 Å². The number of carbonyl (C=O) groups is 1. The molecule has 3 nitrogen and oxygen atoms in total. The Morgan fingerprint density at radius 1 is 1.14 bits per heavy atom. The molecule has 1 aromatic heterocycles. The Kier molecular flexibility index (Phi) is 4.61. The van der Waals surface area contributed by atoms with Crippen molar-refractivity contribution in [2.24, 2.45) is 5.92 Å². The van der Waals surface area contributed by atoms with Crippen LogP contribution in [0.25, 0.3) is 6.08 Å². The van der Waals surface area contributed by atoms with Crippen LogP contribution >= 0.6 is 11.6 Å². The standard InChI is InChI=1S/C25H20ClNO2/c26-18-9-6-16(7-10-18)25-21-5-1-4-20(21)22-15-17(8-12-23(22)27-25)24(28)13-11-19-3-2-14-29-19/h1-4,6-15,20-21,25,27H,5H2/b13-11+/t20-,21+,25-/m1/s1. The van der Waals surface area contributed by atoms with E-state index in [1.807, 2.05) is 36.4 Å². The Morgan fingerprint density at radius 2 is 2.00 bits per heavy atom. The molecule has 3 atom stereocenters. The van der Waals surface area contributed by atoms with Gasteiger partial charge in [0.25, 0.3) is 0 Å². The molecule has 5 rings (SSSR count). The maximum atomic E-state index is 12.7. The van der Waals surface area contributed by atoms with Crippen LogP contribution in [-0.4, -0.2) is 5.78 Å². The molecular weight excluding hydrogens is 382 g/mol. The van der Waals surface area contributed by atoms with Gasteiger partial charge in [-0.15, -0.1) is 0 Å². The normalized spacial score (nSPS) is 22.3. The summed E-state index contributed by atoms with van der Waals surface area (Å²) in [5, 5.41) is 4.44. The summed E-state index contributed by atoms with van der Waals surface area (Å²) >= 11 is 6.07. The van der Waals surface area contributed by atoms with Crippen molar-refractivity contribution in [3.8, 4) is 0 Å². The van der Waals surface area contributed by atoms with Crippen molar-refractivity contribution in [1.82, 2.24) is 0 Å². The Balaban J connectivity index is 1.45. The average Bonchev–Trinajstić information content (AvgIpc) is 3.44. The highest BCUT2D eigenvalue weighted by molar-refractivity contribution is 6.30. The summed E-state index contributed by atoms with van der Waals surface area (Å²) in [4.78, 5) is 12.7. The molecule has 0 saturated carbocycles. The van der Waals surface area contributed by atoms with Crippen molar-refractivity contribution in [3.05, 3.63) is 107 Å². The number of allylic oxidation sites excluding steroid dienone is 3. The highest BCUT2D eigenvalue weighted by Crippen LogP contribution is 2.50. The largest absolute Gasteiger partial charge is 0.465 e. The fraction of sp³-hybridized carbons (Fsp3) is 0.160. The van der Waals surface area contributed by atoms with Crippen LogP contribution < -0.4 is 5.32 Å². The molecule has 0 saturated heterocycles. The highest BCUT2D eigenvalue weighted by atomic mass is 35.5. The molecule has 1 aliphatic carbocycles. The molecule has 0 fully saturated rings. The van der Waals surface area contributed by atoms with Crippen LogP contribution in [-0.2, 0) is 0 Å². The number of hydrogen-bond acceptors (Lipinski definition) is 3. The van der Waals surface area contributed by atoms with Crippen molar-refractivity contribution in [3.63, 3.8) is 0 Å². The van der Waals surface area contributed by atoms with E-state index < -0.39 is 0 Å². The van der Waals surface area contributed by atoms with Crippen LogP contribution in [0.3, 0.4) is 0 Å². The minimum Gasteiger partial charge on any atom is -0.465 e. The van der Waals surface area contributed by atoms with Gasteiger partial charge in [-0.2, -0.15) is 0 Å². The predicted molar refractivity (Wildman–Crippen MR) is 116 cm³/mol. The van der Waals surface area contributed by atoms with E-state index in [9.17, 15) is 4.79 Å². The van der Waals surface area contributed by atoms with Gasteiger partial charge >= 0.3 is 0 Å². The quantitative estimate of drug-likeness (QED) is 0.302. The first kappa shape index (κ1) is 18.0. The number of hydrogen-bond donors (Lipinski definition) is 1. The minimum absolute atomic E-state index is 0.0254. The first-order valence-corrected chi connectivity index (χ1v) is 10.2. The molecular formula is C25H20ClNO2. The second-order valence-electron chi connectivity index (χ2n) is 7.54. The molecule has 2 aromatic carbocycles. The highest BCUT2D eigenvalue weighted by Gasteiger charge is 2.38. The molecule has 3 aromatic rings. The molecule has 29 heavy (non-hydrogen) atoms. The van der Waals surface area contributed by atoms with Gasteiger partial charge in [-0.25, -0.2) is 0 Å². The molecule has 0 radical (unpaired) electrons. The first-order valence-electron chi connectivity index (χ1n) is 9.77. The lowest BCUT2D eigenvalue weighted by atomic mass is 9.76. The molecule has 144 valence electrons. The van der Waals surface area contributed by atoms with E-state index in [0.717, 1.165) is 17.1 Å². The lowest BCUT2D eigenvalue weighted by molar-refractivity contribution is 0.104. The van der Waals surface area contributed by atoms with Crippen molar-refractivity contribution < 1.29 is 9.21 Å². The second kappa shape index (κ2) is 7.41. The second-order valence-corrected chi connectivity index (χ2v) is 7.98. The average molecular weight is 402 g/mol. The number of ketones is 1. The summed E-state index contributed by atoms with van der Waals surface area (Å²) in [6.45, 7) is 0. The molecule has 2 aliphatic rings. The van der Waals surface area contributed by atoms with Gasteiger partial charge in [0.05, 0.1) is 12.3 Å². The van der Waals surface area contributed by atoms with Crippen molar-refractivity contribution in [2.75, 3.05) is 5.32 Å². The molecule has 4 heteroatoms. The zero-order chi connectivity index (χ0) is 19.8. The molecule has 1 aliphatic heterocycles. The van der Waals surface area contributed by atoms with Crippen molar-refractivity contribution in [1.29, 1.82) is 0 Å². The summed E-state index contributed by atoms with van der Waals surface area (Å²) in [7, 11) is 0. The number of halogens is 1. The van der Waals surface area contributed by atoms with E-state index in [1.165, 1.54) is 11.1 Å². The molecule has 0 spiro atoms. The number of anilines is 1. The smallest absolute Gasteiger partial charge is 0.185 e. The van der Waals surface area contributed by atoms with Gasteiger partial charge in [0.2, 0.25) is 0 Å². The number of fused-ring (bicyclic) bond motifs is 3. The van der Waals surface area contributed by atoms with Gasteiger partial charge in [0, 0.05) is 22.2 Å². The van der Waals surface area contributed by atoms with E-state index in [1.54, 1.807) is 24.5 Å².